The van der Waals surface area contributed by atoms with Crippen molar-refractivity contribution in [2.75, 3.05) is 7.05 Å². The Hall–Kier alpha value is -1.93. The average molecular weight is 328 g/mol. The summed E-state index contributed by atoms with van der Waals surface area (Å²) in [6, 6.07) is 6.04. The molecule has 0 aliphatic carbocycles. The number of halogens is 3. The molecule has 0 aliphatic rings. The van der Waals surface area contributed by atoms with E-state index in [-0.39, 0.29) is 24.0 Å². The third kappa shape index (κ3) is 5.04. The predicted molar refractivity (Wildman–Crippen MR) is 78.6 cm³/mol. The molecule has 0 radical (unpaired) electrons. The molecule has 0 saturated carbocycles. The van der Waals surface area contributed by atoms with Gasteiger partial charge in [0, 0.05) is 12.5 Å². The van der Waals surface area contributed by atoms with Gasteiger partial charge in [-0.2, -0.15) is 18.2 Å². The lowest BCUT2D eigenvalue weighted by molar-refractivity contribution is -0.158. The number of benzene rings is 1. The van der Waals surface area contributed by atoms with Crippen molar-refractivity contribution in [3.8, 4) is 0 Å². The van der Waals surface area contributed by atoms with Crippen LogP contribution in [0.3, 0.4) is 0 Å². The lowest BCUT2D eigenvalue weighted by Gasteiger charge is -2.21. The van der Waals surface area contributed by atoms with Crippen LogP contribution >= 0.6 is 0 Å². The van der Waals surface area contributed by atoms with E-state index in [1.807, 2.05) is 6.92 Å². The molecule has 0 aliphatic heterocycles. The lowest BCUT2D eigenvalue weighted by Crippen LogP contribution is -2.33. The summed E-state index contributed by atoms with van der Waals surface area (Å²) < 4.78 is 44.6. The SMILES string of the molecule is CNC(C)Cc1noc(CNC(c2ccccc2)C(F)(F)F)n1. The first-order chi connectivity index (χ1) is 10.9. The van der Waals surface area contributed by atoms with Crippen molar-refractivity contribution < 1.29 is 17.7 Å². The zero-order valence-corrected chi connectivity index (χ0v) is 12.9. The maximum Gasteiger partial charge on any atom is 0.407 e. The lowest BCUT2D eigenvalue weighted by atomic mass is 10.1. The third-order valence-corrected chi connectivity index (χ3v) is 3.41. The second kappa shape index (κ2) is 7.56. The molecule has 1 aromatic heterocycles. The summed E-state index contributed by atoms with van der Waals surface area (Å²) in [5.74, 6) is 0.598. The number of hydrogen-bond acceptors (Lipinski definition) is 5. The Morgan fingerprint density at radius 3 is 2.52 bits per heavy atom. The molecule has 0 fully saturated rings. The number of likely N-dealkylation sites (N-methyl/N-ethyl adjacent to an activating group) is 1. The molecular formula is C15H19F3N4O. The largest absolute Gasteiger partial charge is 0.407 e. The van der Waals surface area contributed by atoms with E-state index in [1.54, 1.807) is 25.2 Å². The first-order valence-corrected chi connectivity index (χ1v) is 7.24. The molecule has 0 spiro atoms. The third-order valence-electron chi connectivity index (χ3n) is 3.41. The summed E-state index contributed by atoms with van der Waals surface area (Å²) in [4.78, 5) is 4.10. The normalized spacial score (nSPS) is 14.7. The van der Waals surface area contributed by atoms with Crippen molar-refractivity contribution in [2.45, 2.75) is 38.1 Å². The van der Waals surface area contributed by atoms with Gasteiger partial charge in [0.15, 0.2) is 5.82 Å². The van der Waals surface area contributed by atoms with Gasteiger partial charge in [-0.15, -0.1) is 0 Å². The van der Waals surface area contributed by atoms with Crippen LogP contribution in [0.4, 0.5) is 13.2 Å². The fraction of sp³-hybridized carbons (Fsp3) is 0.467. The quantitative estimate of drug-likeness (QED) is 0.818. The predicted octanol–water partition coefficient (Wildman–Crippen LogP) is 2.61. The number of nitrogens with one attached hydrogen (secondary N) is 2. The van der Waals surface area contributed by atoms with E-state index in [4.69, 9.17) is 4.52 Å². The zero-order chi connectivity index (χ0) is 16.9. The van der Waals surface area contributed by atoms with E-state index in [2.05, 4.69) is 20.8 Å². The van der Waals surface area contributed by atoms with Gasteiger partial charge in [0.1, 0.15) is 6.04 Å². The highest BCUT2D eigenvalue weighted by Crippen LogP contribution is 2.32. The van der Waals surface area contributed by atoms with Gasteiger partial charge in [0.25, 0.3) is 0 Å². The topological polar surface area (TPSA) is 63.0 Å². The average Bonchev–Trinajstić information content (AvgIpc) is 2.94. The first-order valence-electron chi connectivity index (χ1n) is 7.24. The monoisotopic (exact) mass is 328 g/mol. The smallest absolute Gasteiger partial charge is 0.338 e. The van der Waals surface area contributed by atoms with Crippen LogP contribution in [0.25, 0.3) is 0 Å². The molecule has 5 nitrogen and oxygen atoms in total. The molecule has 8 heteroatoms. The molecule has 1 aromatic carbocycles. The molecule has 2 unspecified atom stereocenters. The van der Waals surface area contributed by atoms with Crippen molar-refractivity contribution in [2.24, 2.45) is 0 Å². The van der Waals surface area contributed by atoms with E-state index in [0.717, 1.165) is 0 Å². The number of hydrogen-bond donors (Lipinski definition) is 2. The molecule has 23 heavy (non-hydrogen) atoms. The van der Waals surface area contributed by atoms with Crippen molar-refractivity contribution >= 4 is 0 Å². The Morgan fingerprint density at radius 2 is 1.91 bits per heavy atom. The summed E-state index contributed by atoms with van der Waals surface area (Å²) in [7, 11) is 1.81. The molecule has 0 saturated heterocycles. The Kier molecular flexibility index (Phi) is 5.73. The summed E-state index contributed by atoms with van der Waals surface area (Å²) in [5.41, 5.74) is 0.142. The maximum atomic E-state index is 13.2. The van der Waals surface area contributed by atoms with Gasteiger partial charge in [0.2, 0.25) is 5.89 Å². The molecule has 2 rings (SSSR count). The minimum Gasteiger partial charge on any atom is -0.338 e. The highest BCUT2D eigenvalue weighted by molar-refractivity contribution is 5.20. The Balaban J connectivity index is 2.02. The number of alkyl halides is 3. The molecular weight excluding hydrogens is 309 g/mol. The van der Waals surface area contributed by atoms with Crippen molar-refractivity contribution in [1.82, 2.24) is 20.8 Å². The molecule has 1 heterocycles. The minimum atomic E-state index is -4.41. The summed E-state index contributed by atoms with van der Waals surface area (Å²) in [6.07, 6.45) is -3.87. The van der Waals surface area contributed by atoms with Crippen LogP contribution in [0, 0.1) is 0 Å². The number of aromatic nitrogens is 2. The van der Waals surface area contributed by atoms with Gasteiger partial charge in [-0.3, -0.25) is 5.32 Å². The van der Waals surface area contributed by atoms with Crippen molar-refractivity contribution in [3.05, 3.63) is 47.6 Å². The van der Waals surface area contributed by atoms with Gasteiger partial charge >= 0.3 is 6.18 Å². The van der Waals surface area contributed by atoms with E-state index < -0.39 is 12.2 Å². The van der Waals surface area contributed by atoms with Crippen LogP contribution in [0.5, 0.6) is 0 Å². The van der Waals surface area contributed by atoms with Crippen LogP contribution in [0.2, 0.25) is 0 Å². The van der Waals surface area contributed by atoms with Gasteiger partial charge in [-0.05, 0) is 19.5 Å². The second-order valence-electron chi connectivity index (χ2n) is 5.26. The van der Waals surface area contributed by atoms with E-state index in [9.17, 15) is 13.2 Å². The van der Waals surface area contributed by atoms with Crippen LogP contribution < -0.4 is 10.6 Å². The minimum absolute atomic E-state index is 0.133. The van der Waals surface area contributed by atoms with E-state index in [1.165, 1.54) is 12.1 Å². The van der Waals surface area contributed by atoms with Gasteiger partial charge in [-0.1, -0.05) is 35.5 Å². The highest BCUT2D eigenvalue weighted by Gasteiger charge is 2.40. The molecule has 2 atom stereocenters. The molecule has 2 aromatic rings. The Labute approximate surface area is 132 Å². The number of nitrogens with zero attached hydrogens (tertiary/aromatic N) is 2. The van der Waals surface area contributed by atoms with Crippen LogP contribution in [-0.4, -0.2) is 29.4 Å². The highest BCUT2D eigenvalue weighted by atomic mass is 19.4. The molecule has 126 valence electrons. The van der Waals surface area contributed by atoms with Gasteiger partial charge in [-0.25, -0.2) is 0 Å². The van der Waals surface area contributed by atoms with Crippen LogP contribution in [0.15, 0.2) is 34.9 Å². The zero-order valence-electron chi connectivity index (χ0n) is 12.9. The molecule has 0 bridgehead atoms. The summed E-state index contributed by atoms with van der Waals surface area (Å²) in [5, 5.41) is 9.23. The second-order valence-corrected chi connectivity index (χ2v) is 5.26. The van der Waals surface area contributed by atoms with Crippen molar-refractivity contribution in [3.63, 3.8) is 0 Å². The fourth-order valence-electron chi connectivity index (χ4n) is 2.08. The van der Waals surface area contributed by atoms with E-state index >= 15 is 0 Å². The maximum absolute atomic E-state index is 13.2. The first kappa shape index (κ1) is 17.4. The van der Waals surface area contributed by atoms with Gasteiger partial charge < -0.3 is 9.84 Å². The Bertz CT molecular complexity index is 600. The van der Waals surface area contributed by atoms with Gasteiger partial charge in [0.05, 0.1) is 6.54 Å². The molecule has 0 amide bonds. The summed E-state index contributed by atoms with van der Waals surface area (Å²) in [6.45, 7) is 1.80. The number of rotatable bonds is 7. The van der Waals surface area contributed by atoms with Crippen LogP contribution in [0.1, 0.15) is 30.2 Å². The standard InChI is InChI=1S/C15H19F3N4O/c1-10(19-2)8-12-21-13(23-22-12)9-20-14(15(16,17)18)11-6-4-3-5-7-11/h3-7,10,14,19-20H,8-9H2,1-2H3. The van der Waals surface area contributed by atoms with Crippen LogP contribution in [-0.2, 0) is 13.0 Å². The van der Waals surface area contributed by atoms with Crippen molar-refractivity contribution in [1.29, 1.82) is 0 Å². The summed E-state index contributed by atoms with van der Waals surface area (Å²) >= 11 is 0. The molecule has 2 N–H and O–H groups in total. The Morgan fingerprint density at radius 1 is 1.22 bits per heavy atom. The fourth-order valence-corrected chi connectivity index (χ4v) is 2.08. The van der Waals surface area contributed by atoms with E-state index in [0.29, 0.717) is 12.2 Å².